The molecule has 2 N–H and O–H groups in total. The number of para-hydroxylation sites is 2. The molecule has 8 nitrogen and oxygen atoms in total. The zero-order valence-corrected chi connectivity index (χ0v) is 18.3. The fourth-order valence-electron chi connectivity index (χ4n) is 2.94. The number of carbonyl (C=O) groups is 3. The molecule has 0 aliphatic heterocycles. The molecule has 0 fully saturated rings. The highest BCUT2D eigenvalue weighted by Gasteiger charge is 2.21. The maximum Gasteiger partial charge on any atom is 0.261 e. The van der Waals surface area contributed by atoms with E-state index in [0.717, 1.165) is 12.1 Å². The molecule has 0 unspecified atom stereocenters. The van der Waals surface area contributed by atoms with Crippen LogP contribution in [0.3, 0.4) is 0 Å². The van der Waals surface area contributed by atoms with Crippen LogP contribution in [0.25, 0.3) is 6.08 Å². The molecule has 0 aliphatic rings. The lowest BCUT2D eigenvalue weighted by molar-refractivity contribution is -0.307. The number of hydrogen-bond donors (Lipinski definition) is 2. The van der Waals surface area contributed by atoms with E-state index in [0.29, 0.717) is 0 Å². The maximum absolute atomic E-state index is 14.1. The number of aliphatic carboxylic acids is 1. The van der Waals surface area contributed by atoms with Crippen molar-refractivity contribution in [2.75, 3.05) is 24.4 Å². The second-order valence-electron chi connectivity index (χ2n) is 7.00. The number of ether oxygens (including phenoxy) is 2. The molecule has 0 aromatic heterocycles. The van der Waals surface area contributed by atoms with Crippen LogP contribution in [0.2, 0.25) is 0 Å². The first-order chi connectivity index (χ1) is 16.8. The third-order valence-corrected chi connectivity index (χ3v) is 4.58. The van der Waals surface area contributed by atoms with Crippen LogP contribution in [-0.4, -0.2) is 31.5 Å². The number of methoxy groups -OCH3 is 1. The second-order valence-corrected chi connectivity index (χ2v) is 7.00. The number of rotatable bonds is 9. The SMILES string of the molecule is COc1cc(C=C(C(=O)Nc2ccccc2F)C(=O)Nc2ccccc2F)ccc1OCC(=O)[O-]. The van der Waals surface area contributed by atoms with E-state index in [-0.39, 0.29) is 28.4 Å². The van der Waals surface area contributed by atoms with Gasteiger partial charge < -0.3 is 30.0 Å². The number of carbonyl (C=O) groups excluding carboxylic acids is 3. The second kappa shape index (κ2) is 11.4. The Balaban J connectivity index is 1.97. The topological polar surface area (TPSA) is 117 Å². The van der Waals surface area contributed by atoms with Crippen LogP contribution in [0.5, 0.6) is 11.5 Å². The fraction of sp³-hybridized carbons (Fsp3) is 0.0800. The number of carboxylic acid groups (broad SMARTS) is 1. The van der Waals surface area contributed by atoms with Gasteiger partial charge in [-0.25, -0.2) is 8.78 Å². The summed E-state index contributed by atoms with van der Waals surface area (Å²) in [6, 6.07) is 14.9. The molecule has 0 saturated heterocycles. The molecule has 180 valence electrons. The van der Waals surface area contributed by atoms with Crippen LogP contribution in [0.1, 0.15) is 5.56 Å². The van der Waals surface area contributed by atoms with Crippen molar-refractivity contribution < 1.29 is 37.7 Å². The number of hydrogen-bond acceptors (Lipinski definition) is 6. The number of benzene rings is 3. The molecule has 0 radical (unpaired) electrons. The molecule has 0 saturated carbocycles. The summed E-state index contributed by atoms with van der Waals surface area (Å²) in [5, 5.41) is 15.3. The van der Waals surface area contributed by atoms with E-state index in [9.17, 15) is 28.3 Å². The van der Waals surface area contributed by atoms with Crippen molar-refractivity contribution in [1.29, 1.82) is 0 Å². The Labute approximate surface area is 198 Å². The maximum atomic E-state index is 14.1. The van der Waals surface area contributed by atoms with Gasteiger partial charge in [0, 0.05) is 0 Å². The summed E-state index contributed by atoms with van der Waals surface area (Å²) < 4.78 is 38.4. The molecule has 0 atom stereocenters. The first-order valence-corrected chi connectivity index (χ1v) is 10.1. The van der Waals surface area contributed by atoms with E-state index in [1.165, 1.54) is 67.8 Å². The van der Waals surface area contributed by atoms with E-state index in [1.54, 1.807) is 0 Å². The van der Waals surface area contributed by atoms with Crippen LogP contribution in [0.15, 0.2) is 72.3 Å². The molecule has 2 amide bonds. The lowest BCUT2D eigenvalue weighted by Crippen LogP contribution is -2.29. The molecular formula is C25H19F2N2O6-. The zero-order chi connectivity index (χ0) is 25.4. The molecule has 0 aliphatic carbocycles. The van der Waals surface area contributed by atoms with E-state index in [2.05, 4.69) is 10.6 Å². The molecule has 3 aromatic carbocycles. The van der Waals surface area contributed by atoms with Crippen molar-refractivity contribution in [3.05, 3.63) is 89.5 Å². The van der Waals surface area contributed by atoms with Crippen LogP contribution in [0.4, 0.5) is 20.2 Å². The molecule has 35 heavy (non-hydrogen) atoms. The van der Waals surface area contributed by atoms with Crippen LogP contribution in [0, 0.1) is 11.6 Å². The van der Waals surface area contributed by atoms with Gasteiger partial charge in [0.1, 0.15) is 23.8 Å². The molecule has 0 spiro atoms. The lowest BCUT2D eigenvalue weighted by atomic mass is 10.1. The highest BCUT2D eigenvalue weighted by molar-refractivity contribution is 6.28. The summed E-state index contributed by atoms with van der Waals surface area (Å²) in [7, 11) is 1.31. The van der Waals surface area contributed by atoms with Crippen LogP contribution >= 0.6 is 0 Å². The lowest BCUT2D eigenvalue weighted by Gasteiger charge is -2.13. The zero-order valence-electron chi connectivity index (χ0n) is 18.3. The molecule has 10 heteroatoms. The summed E-state index contributed by atoms with van der Waals surface area (Å²) >= 11 is 0. The molecule has 3 rings (SSSR count). The molecule has 0 bridgehead atoms. The van der Waals surface area contributed by atoms with Gasteiger partial charge >= 0.3 is 0 Å². The normalized spacial score (nSPS) is 10.1. The predicted molar refractivity (Wildman–Crippen MR) is 122 cm³/mol. The Morgan fingerprint density at radius 3 is 1.89 bits per heavy atom. The molecule has 0 heterocycles. The smallest absolute Gasteiger partial charge is 0.261 e. The van der Waals surface area contributed by atoms with Gasteiger partial charge in [-0.05, 0) is 48.0 Å². The van der Waals surface area contributed by atoms with Crippen molar-refractivity contribution in [2.45, 2.75) is 0 Å². The van der Waals surface area contributed by atoms with E-state index < -0.39 is 41.6 Å². The average molecular weight is 481 g/mol. The average Bonchev–Trinajstić information content (AvgIpc) is 2.84. The minimum atomic E-state index is -1.44. The van der Waals surface area contributed by atoms with Gasteiger partial charge in [0.15, 0.2) is 11.5 Å². The van der Waals surface area contributed by atoms with Crippen molar-refractivity contribution >= 4 is 35.2 Å². The van der Waals surface area contributed by atoms with Gasteiger partial charge in [0.25, 0.3) is 11.8 Å². The van der Waals surface area contributed by atoms with Gasteiger partial charge in [0.2, 0.25) is 0 Å². The largest absolute Gasteiger partial charge is 0.546 e. The predicted octanol–water partition coefficient (Wildman–Crippen LogP) is 2.76. The van der Waals surface area contributed by atoms with E-state index >= 15 is 0 Å². The number of carboxylic acids is 1. The fourth-order valence-corrected chi connectivity index (χ4v) is 2.94. The van der Waals surface area contributed by atoms with Crippen LogP contribution in [-0.2, 0) is 14.4 Å². The quantitative estimate of drug-likeness (QED) is 0.276. The Bertz CT molecular complexity index is 1230. The Morgan fingerprint density at radius 1 is 0.857 bits per heavy atom. The minimum Gasteiger partial charge on any atom is -0.546 e. The van der Waals surface area contributed by atoms with E-state index in [1.807, 2.05) is 0 Å². The van der Waals surface area contributed by atoms with Gasteiger partial charge in [-0.1, -0.05) is 30.3 Å². The number of halogens is 2. The molecule has 3 aromatic rings. The van der Waals surface area contributed by atoms with Crippen molar-refractivity contribution in [1.82, 2.24) is 0 Å². The minimum absolute atomic E-state index is 0.0852. The van der Waals surface area contributed by atoms with Gasteiger partial charge in [0.05, 0.1) is 24.5 Å². The summed E-state index contributed by atoms with van der Waals surface area (Å²) in [6.07, 6.45) is 1.18. The van der Waals surface area contributed by atoms with Crippen molar-refractivity contribution in [3.63, 3.8) is 0 Å². The summed E-state index contributed by atoms with van der Waals surface area (Å²) in [4.78, 5) is 36.6. The summed E-state index contributed by atoms with van der Waals surface area (Å²) in [5.74, 6) is -4.59. The van der Waals surface area contributed by atoms with Crippen LogP contribution < -0.4 is 25.2 Å². The number of nitrogens with one attached hydrogen (secondary N) is 2. The Morgan fingerprint density at radius 2 is 1.40 bits per heavy atom. The van der Waals surface area contributed by atoms with Gasteiger partial charge in [-0.2, -0.15) is 0 Å². The van der Waals surface area contributed by atoms with Gasteiger partial charge in [-0.15, -0.1) is 0 Å². The first kappa shape index (κ1) is 24.9. The Hall–Kier alpha value is -4.73. The molecular weight excluding hydrogens is 462 g/mol. The summed E-state index contributed by atoms with van der Waals surface area (Å²) in [5.41, 5.74) is -0.511. The monoisotopic (exact) mass is 481 g/mol. The summed E-state index contributed by atoms with van der Waals surface area (Å²) in [6.45, 7) is -0.715. The Kier molecular flexibility index (Phi) is 8.12. The standard InChI is InChI=1S/C25H20F2N2O6/c1-34-22-13-15(10-11-21(22)35-14-23(30)31)12-16(24(32)28-19-8-4-2-6-17(19)26)25(33)29-20-9-5-3-7-18(20)27/h2-13H,14H2,1H3,(H,28,32)(H,29,33)(H,30,31)/p-1. The van der Waals surface area contributed by atoms with E-state index in [4.69, 9.17) is 9.47 Å². The third-order valence-electron chi connectivity index (χ3n) is 4.58. The number of anilines is 2. The third kappa shape index (κ3) is 6.64. The van der Waals surface area contributed by atoms with Crippen molar-refractivity contribution in [3.8, 4) is 11.5 Å². The highest BCUT2D eigenvalue weighted by Crippen LogP contribution is 2.29. The van der Waals surface area contributed by atoms with Gasteiger partial charge in [-0.3, -0.25) is 9.59 Å². The number of amides is 2. The first-order valence-electron chi connectivity index (χ1n) is 10.1. The van der Waals surface area contributed by atoms with Crippen molar-refractivity contribution in [2.24, 2.45) is 0 Å². The highest BCUT2D eigenvalue weighted by atomic mass is 19.1.